The van der Waals surface area contributed by atoms with Crippen molar-refractivity contribution >= 4 is 11.5 Å². The fourth-order valence-corrected chi connectivity index (χ4v) is 2.85. The van der Waals surface area contributed by atoms with Gasteiger partial charge in [0.15, 0.2) is 0 Å². The van der Waals surface area contributed by atoms with Crippen LogP contribution in [0.2, 0.25) is 0 Å². The molecule has 0 amide bonds. The summed E-state index contributed by atoms with van der Waals surface area (Å²) in [6.07, 6.45) is 3.77. The molecule has 102 valence electrons. The number of nitrogens with two attached hydrogens (primary N) is 1. The van der Waals surface area contributed by atoms with Gasteiger partial charge in [-0.15, -0.1) is 0 Å². The zero-order valence-corrected chi connectivity index (χ0v) is 12.0. The fraction of sp³-hybridized carbons (Fsp3) is 0.786. The molecule has 3 N–H and O–H groups in total. The molecule has 1 aliphatic carbocycles. The van der Waals surface area contributed by atoms with Crippen molar-refractivity contribution in [3.63, 3.8) is 0 Å². The summed E-state index contributed by atoms with van der Waals surface area (Å²) >= 11 is 0. The molecule has 2 rings (SSSR count). The van der Waals surface area contributed by atoms with Crippen molar-refractivity contribution in [2.45, 2.75) is 59.5 Å². The first kappa shape index (κ1) is 13.2. The van der Waals surface area contributed by atoms with E-state index in [0.29, 0.717) is 6.04 Å². The highest BCUT2D eigenvalue weighted by molar-refractivity contribution is 5.65. The highest BCUT2D eigenvalue weighted by Crippen LogP contribution is 2.32. The lowest BCUT2D eigenvalue weighted by Gasteiger charge is -2.33. The van der Waals surface area contributed by atoms with Gasteiger partial charge in [-0.25, -0.2) is 4.68 Å². The molecule has 1 saturated carbocycles. The summed E-state index contributed by atoms with van der Waals surface area (Å²) in [6, 6.07) is 0.542. The number of hydrogen-bond acceptors (Lipinski definition) is 3. The van der Waals surface area contributed by atoms with Crippen LogP contribution >= 0.6 is 0 Å². The Morgan fingerprint density at radius 1 is 1.33 bits per heavy atom. The van der Waals surface area contributed by atoms with Crippen molar-refractivity contribution < 1.29 is 0 Å². The van der Waals surface area contributed by atoms with E-state index < -0.39 is 0 Å². The van der Waals surface area contributed by atoms with Crippen molar-refractivity contribution in [3.05, 3.63) is 5.69 Å². The summed E-state index contributed by atoms with van der Waals surface area (Å²) in [5.74, 6) is 2.65. The maximum absolute atomic E-state index is 6.11. The van der Waals surface area contributed by atoms with Crippen LogP contribution in [0.15, 0.2) is 0 Å². The standard InChI is InChI=1S/C14H26N4/c1-5-18-14(13(15)11(4)17-18)16-12-7-6-9(2)10(3)8-12/h9-10,12,16H,5-8,15H2,1-4H3. The number of nitrogen functional groups attached to an aromatic ring is 1. The largest absolute Gasteiger partial charge is 0.394 e. The van der Waals surface area contributed by atoms with Crippen LogP contribution in [0.25, 0.3) is 0 Å². The molecule has 4 heteroatoms. The van der Waals surface area contributed by atoms with E-state index in [4.69, 9.17) is 5.73 Å². The van der Waals surface area contributed by atoms with Crippen molar-refractivity contribution in [2.75, 3.05) is 11.1 Å². The fourth-order valence-electron chi connectivity index (χ4n) is 2.85. The van der Waals surface area contributed by atoms with Gasteiger partial charge in [-0.3, -0.25) is 0 Å². The lowest BCUT2D eigenvalue weighted by atomic mass is 9.79. The van der Waals surface area contributed by atoms with Gasteiger partial charge in [0.25, 0.3) is 0 Å². The molecule has 0 spiro atoms. The Hall–Kier alpha value is -1.19. The van der Waals surface area contributed by atoms with Crippen LogP contribution in [0.4, 0.5) is 11.5 Å². The van der Waals surface area contributed by atoms with Gasteiger partial charge in [-0.1, -0.05) is 13.8 Å². The first-order chi connectivity index (χ1) is 8.52. The van der Waals surface area contributed by atoms with Gasteiger partial charge in [-0.2, -0.15) is 5.10 Å². The molecule has 4 nitrogen and oxygen atoms in total. The van der Waals surface area contributed by atoms with Gasteiger partial charge < -0.3 is 11.1 Å². The third kappa shape index (κ3) is 2.47. The Morgan fingerprint density at radius 2 is 2.06 bits per heavy atom. The van der Waals surface area contributed by atoms with E-state index in [0.717, 1.165) is 35.6 Å². The summed E-state index contributed by atoms with van der Waals surface area (Å²) in [5, 5.41) is 8.07. The highest BCUT2D eigenvalue weighted by Gasteiger charge is 2.25. The second-order valence-corrected chi connectivity index (χ2v) is 5.77. The second-order valence-electron chi connectivity index (χ2n) is 5.77. The molecular weight excluding hydrogens is 224 g/mol. The average molecular weight is 250 g/mol. The molecule has 1 aliphatic rings. The minimum atomic E-state index is 0.542. The Bertz CT molecular complexity index is 410. The second kappa shape index (κ2) is 5.21. The Balaban J connectivity index is 2.10. The smallest absolute Gasteiger partial charge is 0.148 e. The molecule has 0 bridgehead atoms. The van der Waals surface area contributed by atoms with E-state index >= 15 is 0 Å². The van der Waals surface area contributed by atoms with Gasteiger partial charge in [-0.05, 0) is 44.9 Å². The van der Waals surface area contributed by atoms with Gasteiger partial charge in [0.05, 0.1) is 11.4 Å². The molecule has 0 radical (unpaired) electrons. The third-order valence-corrected chi connectivity index (χ3v) is 4.41. The number of nitrogens with one attached hydrogen (secondary N) is 1. The van der Waals surface area contributed by atoms with Crippen LogP contribution in [0.5, 0.6) is 0 Å². The van der Waals surface area contributed by atoms with Crippen LogP contribution < -0.4 is 11.1 Å². The first-order valence-electron chi connectivity index (χ1n) is 7.12. The average Bonchev–Trinajstić information content (AvgIpc) is 2.61. The predicted octanol–water partition coefficient (Wildman–Crippen LogP) is 3.03. The SMILES string of the molecule is CCn1nc(C)c(N)c1NC1CCC(C)C(C)C1. The van der Waals surface area contributed by atoms with Crippen molar-refractivity contribution in [3.8, 4) is 0 Å². The van der Waals surface area contributed by atoms with Crippen LogP contribution in [0, 0.1) is 18.8 Å². The van der Waals surface area contributed by atoms with Crippen molar-refractivity contribution in [1.82, 2.24) is 9.78 Å². The summed E-state index contributed by atoms with van der Waals surface area (Å²) in [5.41, 5.74) is 7.85. The summed E-state index contributed by atoms with van der Waals surface area (Å²) in [7, 11) is 0. The van der Waals surface area contributed by atoms with Crippen molar-refractivity contribution in [1.29, 1.82) is 0 Å². The Kier molecular flexibility index (Phi) is 3.83. The molecule has 0 saturated heterocycles. The molecular formula is C14H26N4. The molecule has 1 aromatic rings. The van der Waals surface area contributed by atoms with E-state index in [-0.39, 0.29) is 0 Å². The van der Waals surface area contributed by atoms with E-state index in [9.17, 15) is 0 Å². The zero-order valence-electron chi connectivity index (χ0n) is 12.0. The summed E-state index contributed by atoms with van der Waals surface area (Å²) < 4.78 is 1.98. The molecule has 1 fully saturated rings. The lowest BCUT2D eigenvalue weighted by molar-refractivity contribution is 0.260. The topological polar surface area (TPSA) is 55.9 Å². The van der Waals surface area contributed by atoms with E-state index in [2.05, 4.69) is 31.2 Å². The number of hydrogen-bond donors (Lipinski definition) is 2. The molecule has 1 aromatic heterocycles. The molecule has 3 unspecified atom stereocenters. The molecule has 18 heavy (non-hydrogen) atoms. The molecule has 0 aromatic carbocycles. The Morgan fingerprint density at radius 3 is 2.67 bits per heavy atom. The van der Waals surface area contributed by atoms with Gasteiger partial charge in [0.1, 0.15) is 5.82 Å². The van der Waals surface area contributed by atoms with Crippen LogP contribution in [-0.4, -0.2) is 15.8 Å². The summed E-state index contributed by atoms with van der Waals surface area (Å²) in [6.45, 7) is 9.64. The van der Waals surface area contributed by atoms with E-state index in [1.807, 2.05) is 11.6 Å². The first-order valence-corrected chi connectivity index (χ1v) is 7.12. The minimum absolute atomic E-state index is 0.542. The highest BCUT2D eigenvalue weighted by atomic mass is 15.3. The third-order valence-electron chi connectivity index (χ3n) is 4.41. The van der Waals surface area contributed by atoms with Gasteiger partial charge in [0.2, 0.25) is 0 Å². The molecule has 1 heterocycles. The quantitative estimate of drug-likeness (QED) is 0.867. The molecule has 0 aliphatic heterocycles. The van der Waals surface area contributed by atoms with Gasteiger partial charge >= 0.3 is 0 Å². The summed E-state index contributed by atoms with van der Waals surface area (Å²) in [4.78, 5) is 0. The number of aryl methyl sites for hydroxylation is 2. The van der Waals surface area contributed by atoms with Crippen LogP contribution in [-0.2, 0) is 6.54 Å². The van der Waals surface area contributed by atoms with Crippen LogP contribution in [0.1, 0.15) is 45.7 Å². The number of anilines is 2. The predicted molar refractivity (Wildman–Crippen MR) is 76.6 cm³/mol. The Labute approximate surface area is 110 Å². The number of rotatable bonds is 3. The lowest BCUT2D eigenvalue weighted by Crippen LogP contribution is -2.31. The van der Waals surface area contributed by atoms with E-state index in [1.165, 1.54) is 19.3 Å². The zero-order chi connectivity index (χ0) is 13.3. The minimum Gasteiger partial charge on any atom is -0.394 e. The number of aromatic nitrogens is 2. The van der Waals surface area contributed by atoms with E-state index in [1.54, 1.807) is 0 Å². The maximum atomic E-state index is 6.11. The van der Waals surface area contributed by atoms with Crippen LogP contribution in [0.3, 0.4) is 0 Å². The van der Waals surface area contributed by atoms with Crippen molar-refractivity contribution in [2.24, 2.45) is 11.8 Å². The molecule has 3 atom stereocenters. The number of nitrogens with zero attached hydrogens (tertiary/aromatic N) is 2. The van der Waals surface area contributed by atoms with Gasteiger partial charge in [0, 0.05) is 12.6 Å². The maximum Gasteiger partial charge on any atom is 0.148 e. The monoisotopic (exact) mass is 250 g/mol. The normalized spacial score (nSPS) is 28.3.